The summed E-state index contributed by atoms with van der Waals surface area (Å²) >= 11 is 0. The standard InChI is InChI=1S/C15H20N2O2/c1-12(11-15(18)19)13-5-3-4-6-14(13)17-9-7-16(2)8-10-17/h3-6,11H,7-10H2,1-2H3,(H,18,19)/b12-11-. The zero-order chi connectivity index (χ0) is 13.8. The number of rotatable bonds is 3. The number of carboxylic acid groups (broad SMARTS) is 1. The van der Waals surface area contributed by atoms with Crippen LogP contribution in [0.4, 0.5) is 5.69 Å². The third kappa shape index (κ3) is 3.35. The molecule has 0 unspecified atom stereocenters. The highest BCUT2D eigenvalue weighted by atomic mass is 16.4. The Morgan fingerprint density at radius 2 is 1.84 bits per heavy atom. The Morgan fingerprint density at radius 1 is 1.21 bits per heavy atom. The summed E-state index contributed by atoms with van der Waals surface area (Å²) in [6.07, 6.45) is 1.27. The number of piperazine rings is 1. The summed E-state index contributed by atoms with van der Waals surface area (Å²) < 4.78 is 0. The van der Waals surface area contributed by atoms with Gasteiger partial charge < -0.3 is 14.9 Å². The van der Waals surface area contributed by atoms with Gasteiger partial charge in [-0.3, -0.25) is 0 Å². The van der Waals surface area contributed by atoms with Crippen LogP contribution in [0.3, 0.4) is 0 Å². The van der Waals surface area contributed by atoms with E-state index in [1.807, 2.05) is 25.1 Å². The first kappa shape index (κ1) is 13.6. The fourth-order valence-corrected chi connectivity index (χ4v) is 2.39. The lowest BCUT2D eigenvalue weighted by Crippen LogP contribution is -2.44. The molecular weight excluding hydrogens is 240 g/mol. The zero-order valence-corrected chi connectivity index (χ0v) is 11.5. The fraction of sp³-hybridized carbons (Fsp3) is 0.400. The molecule has 0 amide bonds. The molecule has 4 heteroatoms. The number of carbonyl (C=O) groups is 1. The van der Waals surface area contributed by atoms with Gasteiger partial charge in [-0.25, -0.2) is 4.79 Å². The van der Waals surface area contributed by atoms with Crippen molar-refractivity contribution in [2.24, 2.45) is 0 Å². The van der Waals surface area contributed by atoms with E-state index in [4.69, 9.17) is 5.11 Å². The summed E-state index contributed by atoms with van der Waals surface area (Å²) in [7, 11) is 2.12. The Balaban J connectivity index is 2.28. The van der Waals surface area contributed by atoms with Crippen molar-refractivity contribution in [1.82, 2.24) is 4.90 Å². The Labute approximate surface area is 113 Å². The zero-order valence-electron chi connectivity index (χ0n) is 11.5. The van der Waals surface area contributed by atoms with Gasteiger partial charge in [0, 0.05) is 43.5 Å². The number of anilines is 1. The summed E-state index contributed by atoms with van der Waals surface area (Å²) in [6, 6.07) is 8.02. The van der Waals surface area contributed by atoms with Crippen molar-refractivity contribution in [2.45, 2.75) is 6.92 Å². The predicted molar refractivity (Wildman–Crippen MR) is 77.4 cm³/mol. The lowest BCUT2D eigenvalue weighted by atomic mass is 10.0. The van der Waals surface area contributed by atoms with E-state index in [9.17, 15) is 4.79 Å². The Hall–Kier alpha value is -1.81. The maximum atomic E-state index is 10.8. The molecule has 19 heavy (non-hydrogen) atoms. The van der Waals surface area contributed by atoms with Crippen LogP contribution >= 0.6 is 0 Å². The second-order valence-corrected chi connectivity index (χ2v) is 4.97. The van der Waals surface area contributed by atoms with Crippen molar-refractivity contribution >= 4 is 17.2 Å². The molecule has 1 aromatic carbocycles. The monoisotopic (exact) mass is 260 g/mol. The van der Waals surface area contributed by atoms with Crippen LogP contribution in [0, 0.1) is 0 Å². The third-order valence-electron chi connectivity index (χ3n) is 3.51. The largest absolute Gasteiger partial charge is 0.478 e. The van der Waals surface area contributed by atoms with E-state index in [-0.39, 0.29) is 0 Å². The highest BCUT2D eigenvalue weighted by molar-refractivity contribution is 5.91. The first-order valence-corrected chi connectivity index (χ1v) is 6.52. The first-order valence-electron chi connectivity index (χ1n) is 6.52. The molecule has 0 saturated carbocycles. The second kappa shape index (κ2) is 5.89. The van der Waals surface area contributed by atoms with E-state index in [0.29, 0.717) is 0 Å². The first-order chi connectivity index (χ1) is 9.08. The van der Waals surface area contributed by atoms with Gasteiger partial charge in [-0.05, 0) is 25.6 Å². The number of aliphatic carboxylic acids is 1. The number of allylic oxidation sites excluding steroid dienone is 1. The number of nitrogens with zero attached hydrogens (tertiary/aromatic N) is 2. The molecular formula is C15H20N2O2. The summed E-state index contributed by atoms with van der Waals surface area (Å²) in [5, 5.41) is 8.88. The van der Waals surface area contributed by atoms with Crippen LogP contribution in [0.25, 0.3) is 5.57 Å². The Kier molecular flexibility index (Phi) is 4.22. The molecule has 1 N–H and O–H groups in total. The van der Waals surface area contributed by atoms with E-state index in [1.165, 1.54) is 6.08 Å². The maximum Gasteiger partial charge on any atom is 0.328 e. The van der Waals surface area contributed by atoms with Crippen molar-refractivity contribution in [3.05, 3.63) is 35.9 Å². The van der Waals surface area contributed by atoms with E-state index in [0.717, 1.165) is 43.0 Å². The number of carboxylic acids is 1. The number of hydrogen-bond acceptors (Lipinski definition) is 3. The average Bonchev–Trinajstić information content (AvgIpc) is 2.39. The van der Waals surface area contributed by atoms with Crippen LogP contribution < -0.4 is 4.90 Å². The predicted octanol–water partition coefficient (Wildman–Crippen LogP) is 1.93. The number of benzene rings is 1. The van der Waals surface area contributed by atoms with Gasteiger partial charge in [-0.15, -0.1) is 0 Å². The SMILES string of the molecule is C/C(=C/C(=O)O)c1ccccc1N1CCN(C)CC1. The van der Waals surface area contributed by atoms with Gasteiger partial charge in [-0.2, -0.15) is 0 Å². The van der Waals surface area contributed by atoms with E-state index >= 15 is 0 Å². The molecule has 1 aliphatic rings. The molecule has 2 rings (SSSR count). The molecule has 4 nitrogen and oxygen atoms in total. The molecule has 0 aromatic heterocycles. The van der Waals surface area contributed by atoms with Gasteiger partial charge in [0.25, 0.3) is 0 Å². The molecule has 0 radical (unpaired) electrons. The molecule has 102 valence electrons. The van der Waals surface area contributed by atoms with E-state index in [2.05, 4.69) is 22.9 Å². The Morgan fingerprint density at radius 3 is 2.47 bits per heavy atom. The van der Waals surface area contributed by atoms with Crippen LogP contribution in [0.5, 0.6) is 0 Å². The van der Waals surface area contributed by atoms with Gasteiger partial charge in [0.2, 0.25) is 0 Å². The van der Waals surface area contributed by atoms with Crippen molar-refractivity contribution in [2.75, 3.05) is 38.1 Å². The second-order valence-electron chi connectivity index (χ2n) is 4.97. The van der Waals surface area contributed by atoms with Gasteiger partial charge in [0.05, 0.1) is 0 Å². The maximum absolute atomic E-state index is 10.8. The van der Waals surface area contributed by atoms with Gasteiger partial charge >= 0.3 is 5.97 Å². The number of likely N-dealkylation sites (N-methyl/N-ethyl adjacent to an activating group) is 1. The highest BCUT2D eigenvalue weighted by Crippen LogP contribution is 2.27. The summed E-state index contributed by atoms with van der Waals surface area (Å²) in [6.45, 7) is 5.89. The topological polar surface area (TPSA) is 43.8 Å². The van der Waals surface area contributed by atoms with Crippen LogP contribution in [0.2, 0.25) is 0 Å². The minimum atomic E-state index is -0.898. The third-order valence-corrected chi connectivity index (χ3v) is 3.51. The summed E-state index contributed by atoms with van der Waals surface area (Å²) in [4.78, 5) is 15.4. The minimum absolute atomic E-state index is 0.794. The molecule has 1 aromatic rings. The normalized spacial score (nSPS) is 17.6. The molecule has 1 saturated heterocycles. The van der Waals surface area contributed by atoms with Crippen molar-refractivity contribution < 1.29 is 9.90 Å². The van der Waals surface area contributed by atoms with Gasteiger partial charge in [-0.1, -0.05) is 18.2 Å². The van der Waals surface area contributed by atoms with E-state index < -0.39 is 5.97 Å². The lowest BCUT2D eigenvalue weighted by molar-refractivity contribution is -0.131. The Bertz CT molecular complexity index is 489. The molecule has 1 aliphatic heterocycles. The number of para-hydroxylation sites is 1. The van der Waals surface area contributed by atoms with Gasteiger partial charge in [0.15, 0.2) is 0 Å². The minimum Gasteiger partial charge on any atom is -0.478 e. The average molecular weight is 260 g/mol. The molecule has 0 spiro atoms. The highest BCUT2D eigenvalue weighted by Gasteiger charge is 2.17. The van der Waals surface area contributed by atoms with Crippen LogP contribution in [-0.4, -0.2) is 49.2 Å². The molecule has 1 fully saturated rings. The lowest BCUT2D eigenvalue weighted by Gasteiger charge is -2.35. The quantitative estimate of drug-likeness (QED) is 0.843. The molecule has 0 atom stereocenters. The summed E-state index contributed by atoms with van der Waals surface area (Å²) in [5.74, 6) is -0.898. The molecule has 0 aliphatic carbocycles. The fourth-order valence-electron chi connectivity index (χ4n) is 2.39. The molecule has 0 bridgehead atoms. The smallest absolute Gasteiger partial charge is 0.328 e. The van der Waals surface area contributed by atoms with Crippen molar-refractivity contribution in [1.29, 1.82) is 0 Å². The van der Waals surface area contributed by atoms with Crippen LogP contribution in [0.15, 0.2) is 30.3 Å². The molecule has 1 heterocycles. The van der Waals surface area contributed by atoms with Gasteiger partial charge in [0.1, 0.15) is 0 Å². The summed E-state index contributed by atoms with van der Waals surface area (Å²) in [5.41, 5.74) is 2.93. The van der Waals surface area contributed by atoms with Crippen molar-refractivity contribution in [3.63, 3.8) is 0 Å². The van der Waals surface area contributed by atoms with E-state index in [1.54, 1.807) is 0 Å². The number of hydrogen-bond donors (Lipinski definition) is 1. The van der Waals surface area contributed by atoms with Crippen LogP contribution in [0.1, 0.15) is 12.5 Å². The van der Waals surface area contributed by atoms with Crippen LogP contribution in [-0.2, 0) is 4.79 Å². The van der Waals surface area contributed by atoms with Crippen molar-refractivity contribution in [3.8, 4) is 0 Å².